The van der Waals surface area contributed by atoms with Gasteiger partial charge in [0.15, 0.2) is 0 Å². The average molecular weight is 419 g/mol. The van der Waals surface area contributed by atoms with Gasteiger partial charge < -0.3 is 19.1 Å². The van der Waals surface area contributed by atoms with Crippen molar-refractivity contribution in [2.45, 2.75) is 40.3 Å². The van der Waals surface area contributed by atoms with Crippen LogP contribution in [0.2, 0.25) is 0 Å². The summed E-state index contributed by atoms with van der Waals surface area (Å²) in [6.07, 6.45) is -0.0877. The lowest BCUT2D eigenvalue weighted by Crippen LogP contribution is -2.23. The molecule has 0 aromatic heterocycles. The van der Waals surface area contributed by atoms with Crippen molar-refractivity contribution in [3.63, 3.8) is 0 Å². The molecule has 1 heterocycles. The molecule has 0 aliphatic carbocycles. The molecule has 0 saturated carbocycles. The fraction of sp³-hybridized carbons (Fsp3) is 0.280. The summed E-state index contributed by atoms with van der Waals surface area (Å²) < 4.78 is 17.3. The smallest absolute Gasteiger partial charge is 0.308 e. The molecule has 0 N–H and O–H groups in total. The monoisotopic (exact) mass is 419 g/mol. The third-order valence-electron chi connectivity index (χ3n) is 5.05. The molecule has 6 nitrogen and oxygen atoms in total. The third kappa shape index (κ3) is 3.81. The zero-order valence-electron chi connectivity index (χ0n) is 18.1. The van der Waals surface area contributed by atoms with Crippen LogP contribution in [-0.2, 0) is 11.3 Å². The normalized spacial score (nSPS) is 12.9. The van der Waals surface area contributed by atoms with E-state index in [1.165, 1.54) is 6.92 Å². The molecular formula is C25H25NO5. The molecule has 4 rings (SSSR count). The number of amides is 1. The molecule has 3 aromatic carbocycles. The maximum atomic E-state index is 13.6. The molecule has 0 unspecified atom stereocenters. The summed E-state index contributed by atoms with van der Waals surface area (Å²) in [4.78, 5) is 26.4. The van der Waals surface area contributed by atoms with Gasteiger partial charge in [0, 0.05) is 28.9 Å². The van der Waals surface area contributed by atoms with Gasteiger partial charge in [-0.05, 0) is 45.0 Å². The zero-order chi connectivity index (χ0) is 22.1. The summed E-state index contributed by atoms with van der Waals surface area (Å²) in [5, 5.41) is 1.79. The summed E-state index contributed by atoms with van der Waals surface area (Å²) in [7, 11) is 0. The van der Waals surface area contributed by atoms with Crippen molar-refractivity contribution in [1.82, 2.24) is 0 Å². The minimum Gasteiger partial charge on any atom is -0.493 e. The maximum Gasteiger partial charge on any atom is 0.308 e. The predicted octanol–water partition coefficient (Wildman–Crippen LogP) is 5.11. The van der Waals surface area contributed by atoms with Crippen LogP contribution in [-0.4, -0.2) is 24.6 Å². The van der Waals surface area contributed by atoms with Crippen molar-refractivity contribution in [2.75, 3.05) is 11.5 Å². The highest BCUT2D eigenvalue weighted by Gasteiger charge is 2.37. The van der Waals surface area contributed by atoms with Crippen LogP contribution < -0.4 is 19.1 Å². The standard InChI is InChI=1S/C25H25NO5/c1-5-29-23-19-8-6-7-9-20(19)24(30-15(2)3)22-21(23)14-26(25(22)28)17-10-12-18(13-11-17)31-16(4)27/h6-13,15H,5,14H2,1-4H3. The zero-order valence-corrected chi connectivity index (χ0v) is 18.1. The Morgan fingerprint density at radius 3 is 2.26 bits per heavy atom. The average Bonchev–Trinajstić information content (AvgIpc) is 3.07. The number of ether oxygens (including phenoxy) is 3. The van der Waals surface area contributed by atoms with E-state index >= 15 is 0 Å². The van der Waals surface area contributed by atoms with Crippen molar-refractivity contribution in [3.05, 3.63) is 59.7 Å². The van der Waals surface area contributed by atoms with Gasteiger partial charge in [0.2, 0.25) is 0 Å². The van der Waals surface area contributed by atoms with Crippen LogP contribution in [0.15, 0.2) is 48.5 Å². The van der Waals surface area contributed by atoms with Crippen molar-refractivity contribution >= 4 is 28.3 Å². The maximum absolute atomic E-state index is 13.6. The fourth-order valence-electron chi connectivity index (χ4n) is 3.90. The number of anilines is 1. The van der Waals surface area contributed by atoms with E-state index in [1.807, 2.05) is 45.0 Å². The molecule has 0 atom stereocenters. The minimum absolute atomic E-state index is 0.0877. The van der Waals surface area contributed by atoms with Crippen molar-refractivity contribution in [1.29, 1.82) is 0 Å². The fourth-order valence-corrected chi connectivity index (χ4v) is 3.90. The summed E-state index contributed by atoms with van der Waals surface area (Å²) >= 11 is 0. The van der Waals surface area contributed by atoms with Crippen LogP contribution in [0.3, 0.4) is 0 Å². The molecule has 1 amide bonds. The van der Waals surface area contributed by atoms with Crippen molar-refractivity contribution < 1.29 is 23.8 Å². The van der Waals surface area contributed by atoms with E-state index in [0.29, 0.717) is 35.9 Å². The van der Waals surface area contributed by atoms with Gasteiger partial charge in [-0.15, -0.1) is 0 Å². The van der Waals surface area contributed by atoms with E-state index < -0.39 is 0 Å². The van der Waals surface area contributed by atoms with Gasteiger partial charge in [0.05, 0.1) is 24.8 Å². The summed E-state index contributed by atoms with van der Waals surface area (Å²) in [6, 6.07) is 14.7. The van der Waals surface area contributed by atoms with Crippen LogP contribution in [0.1, 0.15) is 43.6 Å². The second-order valence-corrected chi connectivity index (χ2v) is 7.64. The molecule has 3 aromatic rings. The number of nitrogens with zero attached hydrogens (tertiary/aromatic N) is 1. The lowest BCUT2D eigenvalue weighted by atomic mass is 9.99. The van der Waals surface area contributed by atoms with Crippen molar-refractivity contribution in [2.24, 2.45) is 0 Å². The van der Waals surface area contributed by atoms with Gasteiger partial charge in [-0.3, -0.25) is 9.59 Å². The van der Waals surface area contributed by atoms with Gasteiger partial charge in [-0.25, -0.2) is 0 Å². The van der Waals surface area contributed by atoms with Gasteiger partial charge >= 0.3 is 5.97 Å². The first-order valence-electron chi connectivity index (χ1n) is 10.4. The first-order chi connectivity index (χ1) is 14.9. The predicted molar refractivity (Wildman–Crippen MR) is 119 cm³/mol. The lowest BCUT2D eigenvalue weighted by molar-refractivity contribution is -0.131. The van der Waals surface area contributed by atoms with Crippen LogP contribution >= 0.6 is 0 Å². The third-order valence-corrected chi connectivity index (χ3v) is 5.05. The molecule has 0 fully saturated rings. The number of hydrogen-bond acceptors (Lipinski definition) is 5. The van der Waals surface area contributed by atoms with Crippen molar-refractivity contribution in [3.8, 4) is 17.2 Å². The SMILES string of the molecule is CCOc1c2c(c(OC(C)C)c3ccccc13)C(=O)N(c1ccc(OC(C)=O)cc1)C2. The van der Waals surface area contributed by atoms with Gasteiger partial charge in [0.1, 0.15) is 17.2 Å². The number of carbonyl (C=O) groups excluding carboxylic acids is 2. The number of hydrogen-bond donors (Lipinski definition) is 0. The Kier molecular flexibility index (Phi) is 5.55. The molecule has 1 aliphatic heterocycles. The quantitative estimate of drug-likeness (QED) is 0.410. The van der Waals surface area contributed by atoms with Crippen LogP contribution in [0, 0.1) is 0 Å². The largest absolute Gasteiger partial charge is 0.493 e. The Morgan fingerprint density at radius 2 is 1.68 bits per heavy atom. The van der Waals surface area contributed by atoms with Gasteiger partial charge in [0.25, 0.3) is 5.91 Å². The van der Waals surface area contributed by atoms with Gasteiger partial charge in [-0.2, -0.15) is 0 Å². The van der Waals surface area contributed by atoms with E-state index in [1.54, 1.807) is 29.2 Å². The Morgan fingerprint density at radius 1 is 1.03 bits per heavy atom. The van der Waals surface area contributed by atoms with E-state index in [0.717, 1.165) is 22.1 Å². The molecule has 1 aliphatic rings. The Hall–Kier alpha value is -3.54. The summed E-state index contributed by atoms with van der Waals surface area (Å²) in [5.41, 5.74) is 2.07. The first kappa shape index (κ1) is 20.7. The number of fused-ring (bicyclic) bond motifs is 2. The number of benzene rings is 3. The van der Waals surface area contributed by atoms with Gasteiger partial charge in [-0.1, -0.05) is 24.3 Å². The molecule has 31 heavy (non-hydrogen) atoms. The van der Waals surface area contributed by atoms with E-state index in [2.05, 4.69) is 0 Å². The van der Waals surface area contributed by atoms with E-state index in [-0.39, 0.29) is 18.0 Å². The Bertz CT molecular complexity index is 1150. The number of carbonyl (C=O) groups is 2. The topological polar surface area (TPSA) is 65.1 Å². The Labute approximate surface area is 181 Å². The summed E-state index contributed by atoms with van der Waals surface area (Å²) in [5.74, 6) is 1.22. The van der Waals surface area contributed by atoms with E-state index in [9.17, 15) is 9.59 Å². The highest BCUT2D eigenvalue weighted by atomic mass is 16.5. The molecular weight excluding hydrogens is 394 g/mol. The molecule has 0 radical (unpaired) electrons. The number of rotatable bonds is 6. The highest BCUT2D eigenvalue weighted by Crippen LogP contribution is 2.46. The van der Waals surface area contributed by atoms with Crippen LogP contribution in [0.5, 0.6) is 17.2 Å². The first-order valence-corrected chi connectivity index (χ1v) is 10.4. The lowest BCUT2D eigenvalue weighted by Gasteiger charge is -2.19. The van der Waals surface area contributed by atoms with Crippen LogP contribution in [0.4, 0.5) is 5.69 Å². The second-order valence-electron chi connectivity index (χ2n) is 7.64. The minimum atomic E-state index is -0.388. The highest BCUT2D eigenvalue weighted by molar-refractivity contribution is 6.16. The summed E-state index contributed by atoms with van der Waals surface area (Å²) in [6.45, 7) is 8.04. The molecule has 0 bridgehead atoms. The molecule has 0 spiro atoms. The number of esters is 1. The Balaban J connectivity index is 1.84. The van der Waals surface area contributed by atoms with Crippen LogP contribution in [0.25, 0.3) is 10.8 Å². The molecule has 0 saturated heterocycles. The molecule has 6 heteroatoms. The van der Waals surface area contributed by atoms with E-state index in [4.69, 9.17) is 14.2 Å². The molecule has 160 valence electrons. The second kappa shape index (κ2) is 8.30.